The van der Waals surface area contributed by atoms with Crippen LogP contribution in [0.3, 0.4) is 0 Å². The maximum Gasteiger partial charge on any atom is 0.117 e. The molecule has 4 heteroatoms. The van der Waals surface area contributed by atoms with Crippen molar-refractivity contribution in [2.75, 3.05) is 0 Å². The van der Waals surface area contributed by atoms with Gasteiger partial charge in [-0.3, -0.25) is 5.10 Å². The number of hydrogen-bond acceptors (Lipinski definition) is 3. The molecule has 1 aromatic heterocycles. The Hall–Kier alpha value is -3.14. The van der Waals surface area contributed by atoms with Crippen LogP contribution in [0.2, 0.25) is 0 Å². The lowest BCUT2D eigenvalue weighted by atomic mass is 9.68. The molecule has 1 heterocycles. The van der Waals surface area contributed by atoms with Gasteiger partial charge in [-0.1, -0.05) is 78.0 Å². The Balaban J connectivity index is 1.63. The summed E-state index contributed by atoms with van der Waals surface area (Å²) in [5.41, 5.74) is 5.92. The summed E-state index contributed by atoms with van der Waals surface area (Å²) in [6, 6.07) is 21.2. The number of hydrogen-bond donors (Lipinski definition) is 2. The number of aromatic amines is 1. The Morgan fingerprint density at radius 1 is 1.00 bits per heavy atom. The molecule has 4 nitrogen and oxygen atoms in total. The van der Waals surface area contributed by atoms with Crippen molar-refractivity contribution in [3.8, 4) is 0 Å². The molecule has 0 radical (unpaired) electrons. The first-order valence-electron chi connectivity index (χ1n) is 9.42. The van der Waals surface area contributed by atoms with Gasteiger partial charge in [0.25, 0.3) is 0 Å². The minimum absolute atomic E-state index is 0.241. The summed E-state index contributed by atoms with van der Waals surface area (Å²) in [6.45, 7) is 0. The fourth-order valence-electron chi connectivity index (χ4n) is 4.17. The molecule has 0 spiro atoms. The molecule has 2 aromatic carbocycles. The van der Waals surface area contributed by atoms with Gasteiger partial charge in [0.1, 0.15) is 11.4 Å². The molecule has 5 rings (SSSR count). The quantitative estimate of drug-likeness (QED) is 0.410. The number of fused-ring (bicyclic) bond motifs is 1. The molecule has 3 aromatic rings. The Morgan fingerprint density at radius 2 is 1.63 bits per heavy atom. The first-order chi connectivity index (χ1) is 13.3. The highest BCUT2D eigenvalue weighted by Gasteiger charge is 2.38. The Bertz CT molecular complexity index is 975. The fourth-order valence-corrected chi connectivity index (χ4v) is 4.17. The van der Waals surface area contributed by atoms with Crippen molar-refractivity contribution >= 4 is 11.8 Å². The van der Waals surface area contributed by atoms with Gasteiger partial charge in [0.15, 0.2) is 0 Å². The molecule has 2 aliphatic carbocycles. The van der Waals surface area contributed by atoms with E-state index in [4.69, 9.17) is 0 Å². The van der Waals surface area contributed by atoms with Gasteiger partial charge < -0.3 is 5.21 Å². The number of nitrogens with zero attached hydrogens (tertiary/aromatic N) is 2. The van der Waals surface area contributed by atoms with E-state index in [0.29, 0.717) is 11.6 Å². The van der Waals surface area contributed by atoms with E-state index in [2.05, 4.69) is 76.0 Å². The van der Waals surface area contributed by atoms with Crippen LogP contribution in [0.5, 0.6) is 0 Å². The molecule has 1 saturated carbocycles. The predicted octanol–water partition coefficient (Wildman–Crippen LogP) is 4.55. The van der Waals surface area contributed by atoms with Crippen LogP contribution < -0.4 is 0 Å². The van der Waals surface area contributed by atoms with Crippen LogP contribution in [-0.2, 0) is 11.8 Å². The van der Waals surface area contributed by atoms with Gasteiger partial charge in [-0.15, -0.1) is 0 Å². The SMILES string of the molecule is O/N=C(\c1n[nH]c2c1C=CC(c1ccccc1)(c1ccccc1)C2)C1CC1. The zero-order valence-electron chi connectivity index (χ0n) is 15.0. The Labute approximate surface area is 158 Å². The lowest BCUT2D eigenvalue weighted by Crippen LogP contribution is -2.30. The molecule has 1 fully saturated rings. The number of benzene rings is 2. The minimum atomic E-state index is -0.241. The number of rotatable bonds is 4. The second kappa shape index (κ2) is 6.23. The zero-order valence-corrected chi connectivity index (χ0v) is 15.0. The molecule has 134 valence electrons. The Kier molecular flexibility index (Phi) is 3.71. The molecule has 0 saturated heterocycles. The fraction of sp³-hybridized carbons (Fsp3) is 0.217. The molecule has 2 aliphatic rings. The van der Waals surface area contributed by atoms with Crippen molar-refractivity contribution < 1.29 is 5.21 Å². The largest absolute Gasteiger partial charge is 0.411 e. The van der Waals surface area contributed by atoms with E-state index in [1.165, 1.54) is 11.1 Å². The van der Waals surface area contributed by atoms with Gasteiger partial charge in [-0.05, 0) is 24.0 Å². The highest BCUT2D eigenvalue weighted by atomic mass is 16.4. The van der Waals surface area contributed by atoms with Crippen LogP contribution in [0.25, 0.3) is 6.08 Å². The second-order valence-electron chi connectivity index (χ2n) is 7.44. The van der Waals surface area contributed by atoms with Crippen molar-refractivity contribution in [1.29, 1.82) is 0 Å². The van der Waals surface area contributed by atoms with E-state index in [1.54, 1.807) is 0 Å². The van der Waals surface area contributed by atoms with Crippen molar-refractivity contribution in [1.82, 2.24) is 10.2 Å². The van der Waals surface area contributed by atoms with Crippen molar-refractivity contribution in [2.24, 2.45) is 11.1 Å². The number of oxime groups is 1. The third-order valence-electron chi connectivity index (χ3n) is 5.77. The summed E-state index contributed by atoms with van der Waals surface area (Å²) >= 11 is 0. The maximum atomic E-state index is 9.48. The molecule has 0 unspecified atom stereocenters. The van der Waals surface area contributed by atoms with E-state index in [9.17, 15) is 5.21 Å². The molecule has 0 atom stereocenters. The van der Waals surface area contributed by atoms with Gasteiger partial charge in [-0.2, -0.15) is 5.10 Å². The smallest absolute Gasteiger partial charge is 0.117 e. The molecule has 27 heavy (non-hydrogen) atoms. The second-order valence-corrected chi connectivity index (χ2v) is 7.44. The lowest BCUT2D eigenvalue weighted by Gasteiger charge is -2.34. The molecule has 0 amide bonds. The monoisotopic (exact) mass is 355 g/mol. The third kappa shape index (κ3) is 2.60. The van der Waals surface area contributed by atoms with E-state index in [0.717, 1.165) is 36.2 Å². The molecular weight excluding hydrogens is 334 g/mol. The van der Waals surface area contributed by atoms with Crippen LogP contribution in [0.1, 0.15) is 40.9 Å². The average Bonchev–Trinajstić information content (AvgIpc) is 3.49. The van der Waals surface area contributed by atoms with Crippen LogP contribution >= 0.6 is 0 Å². The molecule has 0 aliphatic heterocycles. The molecule has 2 N–H and O–H groups in total. The van der Waals surface area contributed by atoms with Crippen molar-refractivity contribution in [3.05, 3.63) is 94.8 Å². The van der Waals surface area contributed by atoms with Gasteiger partial charge >= 0.3 is 0 Å². The van der Waals surface area contributed by atoms with Crippen LogP contribution in [0, 0.1) is 5.92 Å². The standard InChI is InChI=1S/C23H21N3O/c27-26-21(16-11-12-16)22-19-13-14-23(15-20(19)24-25-22,17-7-3-1-4-8-17)18-9-5-2-6-10-18/h1-10,13-14,16,27H,11-12,15H2,(H,24,25)/b26-21-. The summed E-state index contributed by atoms with van der Waals surface area (Å²) in [5, 5.41) is 20.8. The summed E-state index contributed by atoms with van der Waals surface area (Å²) in [4.78, 5) is 0. The van der Waals surface area contributed by atoms with E-state index >= 15 is 0 Å². The number of H-pyrrole nitrogens is 1. The van der Waals surface area contributed by atoms with Gasteiger partial charge in [-0.25, -0.2) is 0 Å². The van der Waals surface area contributed by atoms with Crippen molar-refractivity contribution in [3.63, 3.8) is 0 Å². The van der Waals surface area contributed by atoms with Gasteiger partial charge in [0, 0.05) is 29.0 Å². The first-order valence-corrected chi connectivity index (χ1v) is 9.42. The van der Waals surface area contributed by atoms with E-state index in [1.807, 2.05) is 12.1 Å². The minimum Gasteiger partial charge on any atom is -0.411 e. The van der Waals surface area contributed by atoms with Crippen LogP contribution in [0.4, 0.5) is 0 Å². The summed E-state index contributed by atoms with van der Waals surface area (Å²) in [7, 11) is 0. The van der Waals surface area contributed by atoms with Gasteiger partial charge in [0.05, 0.1) is 0 Å². The average molecular weight is 355 g/mol. The molecular formula is C23H21N3O. The maximum absolute atomic E-state index is 9.48. The normalized spacial score (nSPS) is 18.3. The number of nitrogens with one attached hydrogen (secondary N) is 1. The Morgan fingerprint density at radius 3 is 2.19 bits per heavy atom. The van der Waals surface area contributed by atoms with Gasteiger partial charge in [0.2, 0.25) is 0 Å². The molecule has 0 bridgehead atoms. The van der Waals surface area contributed by atoms with Crippen molar-refractivity contribution in [2.45, 2.75) is 24.7 Å². The lowest BCUT2D eigenvalue weighted by molar-refractivity contribution is 0.317. The summed E-state index contributed by atoms with van der Waals surface area (Å²) in [5.74, 6) is 0.339. The number of allylic oxidation sites excluding steroid dienone is 1. The number of aromatic nitrogens is 2. The zero-order chi connectivity index (χ0) is 18.3. The summed E-state index contributed by atoms with van der Waals surface area (Å²) in [6.07, 6.45) is 7.36. The van der Waals surface area contributed by atoms with Crippen LogP contribution in [-0.4, -0.2) is 21.1 Å². The highest BCUT2D eigenvalue weighted by molar-refractivity contribution is 6.04. The summed E-state index contributed by atoms with van der Waals surface area (Å²) < 4.78 is 0. The topological polar surface area (TPSA) is 61.3 Å². The third-order valence-corrected chi connectivity index (χ3v) is 5.77. The highest BCUT2D eigenvalue weighted by Crippen LogP contribution is 2.42. The first kappa shape index (κ1) is 16.1. The van der Waals surface area contributed by atoms with E-state index < -0.39 is 0 Å². The van der Waals surface area contributed by atoms with Crippen LogP contribution in [0.15, 0.2) is 71.9 Å². The predicted molar refractivity (Wildman–Crippen MR) is 106 cm³/mol. The van der Waals surface area contributed by atoms with E-state index in [-0.39, 0.29) is 5.41 Å².